The van der Waals surface area contributed by atoms with Crippen LogP contribution in [0.1, 0.15) is 72.2 Å². The third-order valence-corrected chi connectivity index (χ3v) is 8.82. The number of nitrogens with one attached hydrogen (secondary N) is 1. The van der Waals surface area contributed by atoms with Crippen molar-refractivity contribution in [1.82, 2.24) is 15.1 Å². The Kier molecular flexibility index (Phi) is 7.56. The van der Waals surface area contributed by atoms with Crippen LogP contribution in [0.3, 0.4) is 0 Å². The van der Waals surface area contributed by atoms with Gasteiger partial charge in [0.1, 0.15) is 6.04 Å². The molecule has 188 valence electrons. The number of aryl methyl sites for hydroxylation is 1. The van der Waals surface area contributed by atoms with Gasteiger partial charge in [-0.3, -0.25) is 14.5 Å². The second-order valence-electron chi connectivity index (χ2n) is 10.7. The van der Waals surface area contributed by atoms with Gasteiger partial charge in [0, 0.05) is 37.3 Å². The number of hydrogen-bond donors (Lipinski definition) is 2. The quantitative estimate of drug-likeness (QED) is 0.608. The van der Waals surface area contributed by atoms with E-state index in [0.717, 1.165) is 38.6 Å². The van der Waals surface area contributed by atoms with Gasteiger partial charge in [0.05, 0.1) is 4.88 Å². The molecule has 0 spiro atoms. The topological polar surface area (TPSA) is 78.7 Å². The molecule has 3 fully saturated rings. The van der Waals surface area contributed by atoms with E-state index in [1.807, 2.05) is 22.4 Å². The van der Waals surface area contributed by atoms with E-state index in [-0.39, 0.29) is 23.9 Å². The molecule has 1 aliphatic heterocycles. The highest BCUT2D eigenvalue weighted by molar-refractivity contribution is 7.12. The molecule has 5 rings (SSSR count). The first-order valence-electron chi connectivity index (χ1n) is 13.2. The predicted octanol–water partition coefficient (Wildman–Crippen LogP) is 4.08. The summed E-state index contributed by atoms with van der Waals surface area (Å²) in [5.74, 6) is -0.00747. The maximum absolute atomic E-state index is 13.6. The molecule has 35 heavy (non-hydrogen) atoms. The zero-order chi connectivity index (χ0) is 24.4. The summed E-state index contributed by atoms with van der Waals surface area (Å²) in [6.07, 6.45) is 7.77. The molecule has 6 nitrogen and oxygen atoms in total. The van der Waals surface area contributed by atoms with Crippen LogP contribution in [-0.2, 0) is 11.3 Å². The Balaban J connectivity index is 1.33. The lowest BCUT2D eigenvalue weighted by Crippen LogP contribution is -2.58. The average Bonchev–Trinajstić information content (AvgIpc) is 3.56. The minimum absolute atomic E-state index is 0.00570. The van der Waals surface area contributed by atoms with Crippen molar-refractivity contribution in [2.24, 2.45) is 5.73 Å². The van der Waals surface area contributed by atoms with Crippen LogP contribution in [0.25, 0.3) is 0 Å². The van der Waals surface area contributed by atoms with E-state index in [1.54, 1.807) is 0 Å². The van der Waals surface area contributed by atoms with Crippen molar-refractivity contribution in [3.63, 3.8) is 0 Å². The van der Waals surface area contributed by atoms with Gasteiger partial charge in [-0.1, -0.05) is 35.9 Å². The Labute approximate surface area is 212 Å². The van der Waals surface area contributed by atoms with Crippen molar-refractivity contribution in [1.29, 1.82) is 0 Å². The molecule has 3 N–H and O–H groups in total. The normalized spacial score (nSPS) is 27.1. The molecule has 3 aliphatic rings. The van der Waals surface area contributed by atoms with Crippen molar-refractivity contribution in [3.8, 4) is 0 Å². The number of carbonyl (C=O) groups excluding carboxylic acids is 2. The first-order chi connectivity index (χ1) is 17.0. The van der Waals surface area contributed by atoms with E-state index in [2.05, 4.69) is 41.4 Å². The summed E-state index contributed by atoms with van der Waals surface area (Å²) in [5.41, 5.74) is 8.66. The maximum atomic E-state index is 13.6. The zero-order valence-electron chi connectivity index (χ0n) is 20.7. The molecule has 1 aromatic carbocycles. The van der Waals surface area contributed by atoms with E-state index in [9.17, 15) is 9.59 Å². The monoisotopic (exact) mass is 494 g/mol. The molecule has 0 bridgehead atoms. The molecule has 1 aromatic heterocycles. The SMILES string of the molecule is Cc1ccc(CN(C2CC2)C2CCN(C(=O)c3cccs3)[C@@H](C(=O)NC3CCC(N)CC3)C2)cc1. The van der Waals surface area contributed by atoms with Crippen LogP contribution in [0.2, 0.25) is 0 Å². The molecule has 2 aromatic rings. The summed E-state index contributed by atoms with van der Waals surface area (Å²) in [5, 5.41) is 5.22. The molecule has 7 heteroatoms. The van der Waals surface area contributed by atoms with Crippen LogP contribution in [0.4, 0.5) is 0 Å². The van der Waals surface area contributed by atoms with Crippen LogP contribution in [0.5, 0.6) is 0 Å². The highest BCUT2D eigenvalue weighted by Gasteiger charge is 2.42. The van der Waals surface area contributed by atoms with Crippen molar-refractivity contribution >= 4 is 23.2 Å². The fourth-order valence-electron chi connectivity index (χ4n) is 5.71. The molecular formula is C28H38N4O2S. The maximum Gasteiger partial charge on any atom is 0.264 e. The number of hydrogen-bond acceptors (Lipinski definition) is 5. The van der Waals surface area contributed by atoms with Crippen molar-refractivity contribution < 1.29 is 9.59 Å². The summed E-state index contributed by atoms with van der Waals surface area (Å²) >= 11 is 1.45. The van der Waals surface area contributed by atoms with Crippen molar-refractivity contribution in [2.75, 3.05) is 6.54 Å². The van der Waals surface area contributed by atoms with Gasteiger partial charge in [0.2, 0.25) is 5.91 Å². The van der Waals surface area contributed by atoms with Crippen LogP contribution in [0.15, 0.2) is 41.8 Å². The smallest absolute Gasteiger partial charge is 0.264 e. The average molecular weight is 495 g/mol. The van der Waals surface area contributed by atoms with Crippen LogP contribution in [0, 0.1) is 6.92 Å². The summed E-state index contributed by atoms with van der Waals surface area (Å²) < 4.78 is 0. The number of nitrogens with two attached hydrogens (primary N) is 1. The van der Waals surface area contributed by atoms with Gasteiger partial charge >= 0.3 is 0 Å². The first-order valence-corrected chi connectivity index (χ1v) is 14.1. The molecule has 1 unspecified atom stereocenters. The van der Waals surface area contributed by atoms with Crippen LogP contribution < -0.4 is 11.1 Å². The number of nitrogens with zero attached hydrogens (tertiary/aromatic N) is 2. The van der Waals surface area contributed by atoms with Gasteiger partial charge in [-0.15, -0.1) is 11.3 Å². The second kappa shape index (κ2) is 10.8. The molecule has 0 radical (unpaired) electrons. The molecule has 2 amide bonds. The van der Waals surface area contributed by atoms with Gasteiger partial charge in [-0.2, -0.15) is 0 Å². The number of thiophene rings is 1. The van der Waals surface area contributed by atoms with Gasteiger partial charge in [-0.05, 0) is 75.3 Å². The molecular weight excluding hydrogens is 456 g/mol. The lowest BCUT2D eigenvalue weighted by atomic mass is 9.90. The van der Waals surface area contributed by atoms with E-state index >= 15 is 0 Å². The summed E-state index contributed by atoms with van der Waals surface area (Å²) in [7, 11) is 0. The van der Waals surface area contributed by atoms with Crippen LogP contribution >= 0.6 is 11.3 Å². The largest absolute Gasteiger partial charge is 0.352 e. The Morgan fingerprint density at radius 3 is 2.43 bits per heavy atom. The number of likely N-dealkylation sites (tertiary alicyclic amines) is 1. The van der Waals surface area contributed by atoms with Gasteiger partial charge in [-0.25, -0.2) is 0 Å². The molecule has 2 heterocycles. The highest BCUT2D eigenvalue weighted by Crippen LogP contribution is 2.35. The Morgan fingerprint density at radius 1 is 1.03 bits per heavy atom. The summed E-state index contributed by atoms with van der Waals surface area (Å²) in [4.78, 5) is 32.2. The zero-order valence-corrected chi connectivity index (χ0v) is 21.5. The minimum atomic E-state index is -0.432. The lowest BCUT2D eigenvalue weighted by molar-refractivity contribution is -0.128. The van der Waals surface area contributed by atoms with E-state index < -0.39 is 6.04 Å². The standard InChI is InChI=1S/C28H38N4O2S/c1-19-4-6-20(7-5-19)18-32(23-12-13-23)24-14-15-31(28(34)26-3-2-16-35-26)25(17-24)27(33)30-22-10-8-21(29)9-11-22/h2-7,16,21-25H,8-15,17-18,29H2,1H3,(H,30,33)/t21?,22?,24?,25-/m1/s1. The van der Waals surface area contributed by atoms with Gasteiger partial charge in [0.25, 0.3) is 5.91 Å². The van der Waals surface area contributed by atoms with Crippen LogP contribution in [-0.4, -0.2) is 58.4 Å². The summed E-state index contributed by atoms with van der Waals surface area (Å²) in [6, 6.07) is 13.4. The molecule has 2 atom stereocenters. The molecule has 1 saturated heterocycles. The van der Waals surface area contributed by atoms with E-state index in [4.69, 9.17) is 5.73 Å². The minimum Gasteiger partial charge on any atom is -0.352 e. The Morgan fingerprint density at radius 2 is 1.77 bits per heavy atom. The first kappa shape index (κ1) is 24.5. The Hall–Kier alpha value is -2.22. The number of amides is 2. The Bertz CT molecular complexity index is 996. The number of benzene rings is 1. The van der Waals surface area contributed by atoms with Crippen molar-refractivity contribution in [2.45, 2.75) is 95.0 Å². The lowest BCUT2D eigenvalue weighted by Gasteiger charge is -2.43. The fourth-order valence-corrected chi connectivity index (χ4v) is 6.39. The van der Waals surface area contributed by atoms with Gasteiger partial charge in [0.15, 0.2) is 0 Å². The number of piperidine rings is 1. The predicted molar refractivity (Wildman–Crippen MR) is 140 cm³/mol. The third-order valence-electron chi connectivity index (χ3n) is 7.96. The van der Waals surface area contributed by atoms with Gasteiger partial charge < -0.3 is 16.0 Å². The second-order valence-corrected chi connectivity index (χ2v) is 11.6. The van der Waals surface area contributed by atoms with E-state index in [1.165, 1.54) is 35.3 Å². The summed E-state index contributed by atoms with van der Waals surface area (Å²) in [6.45, 7) is 3.64. The number of carbonyl (C=O) groups is 2. The molecule has 2 saturated carbocycles. The molecule has 2 aliphatic carbocycles. The van der Waals surface area contributed by atoms with Crippen molar-refractivity contribution in [3.05, 3.63) is 57.8 Å². The highest BCUT2D eigenvalue weighted by atomic mass is 32.1. The number of rotatable bonds is 7. The fraction of sp³-hybridized carbons (Fsp3) is 0.571. The van der Waals surface area contributed by atoms with E-state index in [0.29, 0.717) is 29.9 Å². The third kappa shape index (κ3) is 5.96.